The average Bonchev–Trinajstić information content (AvgIpc) is 0.849. The van der Waals surface area contributed by atoms with E-state index in [0.29, 0.717) is 191 Å². The molecule has 0 heterocycles. The molecule has 0 aromatic heterocycles. The Morgan fingerprint density at radius 3 is 0.460 bits per heavy atom. The molecule has 0 amide bonds. The fourth-order valence-corrected chi connectivity index (χ4v) is 16.9. The van der Waals surface area contributed by atoms with E-state index in [1.807, 2.05) is 30.3 Å². The summed E-state index contributed by atoms with van der Waals surface area (Å²) in [5.74, 6) is 11.1. The molecule has 7 aromatic carbocycles. The summed E-state index contributed by atoms with van der Waals surface area (Å²) in [6, 6.07) is 44.0. The lowest BCUT2D eigenvalue weighted by molar-refractivity contribution is 0.256. The van der Waals surface area contributed by atoms with Crippen LogP contribution in [0.4, 0.5) is 0 Å². The van der Waals surface area contributed by atoms with Crippen molar-refractivity contribution >= 4 is 0 Å². The maximum Gasteiger partial charge on any atom is 0.161 e. The Bertz CT molecular complexity index is 3860. The summed E-state index contributed by atoms with van der Waals surface area (Å²) < 4.78 is 99.0. The van der Waals surface area contributed by atoms with Crippen molar-refractivity contribution in [2.45, 2.75) is 409 Å². The molecule has 0 radical (unpaired) electrons. The van der Waals surface area contributed by atoms with E-state index in [1.165, 1.54) is 231 Å². The van der Waals surface area contributed by atoms with E-state index in [-0.39, 0.29) is 0 Å². The van der Waals surface area contributed by atoms with Gasteiger partial charge in [0.25, 0.3) is 0 Å². The van der Waals surface area contributed by atoms with E-state index in [2.05, 4.69) is 152 Å². The van der Waals surface area contributed by atoms with Gasteiger partial charge < -0.3 is 76.8 Å². The zero-order valence-corrected chi connectivity index (χ0v) is 87.5. The first kappa shape index (κ1) is 115. The molecule has 0 spiro atoms. The van der Waals surface area contributed by atoms with Crippen LogP contribution in [0.5, 0.6) is 86.2 Å². The minimum atomic E-state index is 0.377. The van der Waals surface area contributed by atoms with E-state index in [1.54, 1.807) is 0 Å². The first-order chi connectivity index (χ1) is 67.7. The zero-order chi connectivity index (χ0) is 96.8. The minimum Gasteiger partial charge on any atom is -0.493 e. The average molecular weight is 1900 g/mol. The van der Waals surface area contributed by atoms with Crippen molar-refractivity contribution < 1.29 is 71.1 Å². The molecular weight excluding hydrogens is 1710 g/mol. The molecule has 768 valence electrons. The van der Waals surface area contributed by atoms with Gasteiger partial charge in [0.1, 0.15) is 17.2 Å². The van der Waals surface area contributed by atoms with E-state index >= 15 is 0 Å². The number of ether oxygens (including phenoxy) is 15. The monoisotopic (exact) mass is 1900 g/mol. The van der Waals surface area contributed by atoms with Gasteiger partial charge in [0, 0.05) is 56.7 Å². The number of rotatable bonds is 92. The summed E-state index contributed by atoms with van der Waals surface area (Å²) in [5.41, 5.74) is 12.6. The lowest BCUT2D eigenvalue weighted by Gasteiger charge is -2.17. The van der Waals surface area contributed by atoms with Crippen molar-refractivity contribution in [1.82, 2.24) is 0 Å². The molecule has 16 heteroatoms. The number of unbranched alkanes of at least 4 members (excludes halogenated alkanes) is 40. The molecule has 0 saturated carbocycles. The molecule has 2 N–H and O–H groups in total. The van der Waals surface area contributed by atoms with Gasteiger partial charge in [-0.1, -0.05) is 349 Å². The molecule has 0 aliphatic carbocycles. The second-order valence-corrected chi connectivity index (χ2v) is 37.8. The zero-order valence-electron chi connectivity index (χ0n) is 87.5. The molecule has 16 nitrogen and oxygen atoms in total. The smallest absolute Gasteiger partial charge is 0.161 e. The SMILES string of the molecule is CCCCCCCCOc1ccc(CCOc2ccc(CCOc3cc(OCCCN)cc(OCCc4ccc(OCCc5ccc(OCCCCCCCC)c(OCCCCCCCC)c5)c(OCCc5ccc(OCCCCCCCC)c(OCCCCCCCC)c5)c4)c3)cc2OCCc2ccc(OCCCCCCCC)c(OCCCCCCCC)c2)cc1OCCCCCCCC. The molecule has 7 rings (SSSR count). The third kappa shape index (κ3) is 53.1. The van der Waals surface area contributed by atoms with Crippen LogP contribution < -0.4 is 76.8 Å². The normalized spacial score (nSPS) is 11.3. The summed E-state index contributed by atoms with van der Waals surface area (Å²) in [6.07, 6.45) is 62.4. The van der Waals surface area contributed by atoms with E-state index in [4.69, 9.17) is 76.8 Å². The van der Waals surface area contributed by atoms with Gasteiger partial charge in [-0.15, -0.1) is 0 Å². The van der Waals surface area contributed by atoms with Gasteiger partial charge in [0.2, 0.25) is 0 Å². The second-order valence-electron chi connectivity index (χ2n) is 37.8. The van der Waals surface area contributed by atoms with Gasteiger partial charge in [0.05, 0.1) is 99.1 Å². The molecule has 137 heavy (non-hydrogen) atoms. The topological polar surface area (TPSA) is 164 Å². The Hall–Kier alpha value is -8.50. The first-order valence-electron chi connectivity index (χ1n) is 55.7. The molecule has 0 bridgehead atoms. The molecule has 0 atom stereocenters. The van der Waals surface area contributed by atoms with Crippen LogP contribution in [0, 0.1) is 0 Å². The number of nitrogens with two attached hydrogens (primary N) is 1. The largest absolute Gasteiger partial charge is 0.493 e. The van der Waals surface area contributed by atoms with Gasteiger partial charge in [-0.2, -0.15) is 0 Å². The highest BCUT2D eigenvalue weighted by Crippen LogP contribution is 2.38. The summed E-state index contributed by atoms with van der Waals surface area (Å²) in [6.45, 7) is 26.9. The summed E-state index contributed by atoms with van der Waals surface area (Å²) in [5, 5.41) is 0. The number of hydrogen-bond donors (Lipinski definition) is 1. The first-order valence-corrected chi connectivity index (χ1v) is 55.7. The lowest BCUT2D eigenvalue weighted by Crippen LogP contribution is -2.09. The van der Waals surface area contributed by atoms with Crippen LogP contribution in [0.15, 0.2) is 127 Å². The lowest BCUT2D eigenvalue weighted by atomic mass is 10.1. The van der Waals surface area contributed by atoms with Crippen molar-refractivity contribution in [3.63, 3.8) is 0 Å². The Morgan fingerprint density at radius 2 is 0.277 bits per heavy atom. The van der Waals surface area contributed by atoms with Crippen molar-refractivity contribution in [1.29, 1.82) is 0 Å². The van der Waals surface area contributed by atoms with Crippen LogP contribution in [0.25, 0.3) is 0 Å². The molecular formula is C121H189NO15. The predicted octanol–water partition coefficient (Wildman–Crippen LogP) is 33.1. The third-order valence-electron chi connectivity index (χ3n) is 25.5. The fourth-order valence-electron chi connectivity index (χ4n) is 16.9. The molecule has 0 fully saturated rings. The second kappa shape index (κ2) is 78.2. The van der Waals surface area contributed by atoms with Crippen molar-refractivity contribution in [3.05, 3.63) is 161 Å². The van der Waals surface area contributed by atoms with Gasteiger partial charge in [-0.25, -0.2) is 0 Å². The Balaban J connectivity index is 1.09. The molecule has 0 aliphatic heterocycles. The summed E-state index contributed by atoms with van der Waals surface area (Å²) in [4.78, 5) is 0. The molecule has 0 unspecified atom stereocenters. The highest BCUT2D eigenvalue weighted by molar-refractivity contribution is 5.49. The maximum atomic E-state index is 6.85. The number of benzene rings is 7. The van der Waals surface area contributed by atoms with Crippen LogP contribution in [-0.2, 0) is 38.5 Å². The van der Waals surface area contributed by atoms with Crippen molar-refractivity contribution in [3.8, 4) is 86.2 Å². The Labute approximate surface area is 833 Å². The van der Waals surface area contributed by atoms with Gasteiger partial charge in [0.15, 0.2) is 69.0 Å². The van der Waals surface area contributed by atoms with Crippen molar-refractivity contribution in [2.24, 2.45) is 5.73 Å². The third-order valence-corrected chi connectivity index (χ3v) is 25.5. The van der Waals surface area contributed by atoms with E-state index in [9.17, 15) is 0 Å². The van der Waals surface area contributed by atoms with Crippen LogP contribution in [0.2, 0.25) is 0 Å². The molecule has 0 aliphatic rings. The van der Waals surface area contributed by atoms with E-state index in [0.717, 1.165) is 156 Å². The Kier molecular flexibility index (Phi) is 65.9. The predicted molar refractivity (Wildman–Crippen MR) is 570 cm³/mol. The van der Waals surface area contributed by atoms with Gasteiger partial charge in [-0.05, 0) is 171 Å². The quantitative estimate of drug-likeness (QED) is 0.0358. The number of hydrogen-bond acceptors (Lipinski definition) is 16. The van der Waals surface area contributed by atoms with Crippen LogP contribution >= 0.6 is 0 Å². The standard InChI is InChI=1S/C121H189NO15/c1-9-17-25-33-41-49-77-126-110-64-58-103(92-116(110)130-81-53-45-37-29-21-13-5)72-88-134-114-68-62-101(96-120(114)136-90-74-105-60-66-112(128-79-51-43-35-27-19-11-3)118(94-105)132-83-55-47-39-31-23-15-7)70-86-124-108-98-107(123-85-57-76-122)99-109(100-108)125-87-71-102-63-69-115(135-89-73-104-59-65-111(127-78-50-42-34-26-18-10-2)117(93-104)131-82-54-46-38-30-22-14-6)121(97-102)137-91-75-106-61-67-113(129-80-52-44-36-28-20-12-4)119(95-106)133-84-56-48-40-32-24-16-8/h58-69,92-100H,9-57,70-91,122H2,1-8H3. The highest BCUT2D eigenvalue weighted by atomic mass is 16.5. The van der Waals surface area contributed by atoms with Gasteiger partial charge in [-0.3, -0.25) is 0 Å². The highest BCUT2D eigenvalue weighted by Gasteiger charge is 2.19. The molecule has 0 saturated heterocycles. The van der Waals surface area contributed by atoms with E-state index < -0.39 is 0 Å². The fraction of sp³-hybridized carbons (Fsp3) is 0.653. The van der Waals surface area contributed by atoms with Crippen LogP contribution in [0.1, 0.15) is 403 Å². The minimum absolute atomic E-state index is 0.377. The van der Waals surface area contributed by atoms with Crippen molar-refractivity contribution in [2.75, 3.05) is 106 Å². The molecule has 7 aromatic rings. The summed E-state index contributed by atoms with van der Waals surface area (Å²) >= 11 is 0. The maximum absolute atomic E-state index is 6.85. The summed E-state index contributed by atoms with van der Waals surface area (Å²) in [7, 11) is 0. The van der Waals surface area contributed by atoms with Crippen LogP contribution in [0.3, 0.4) is 0 Å². The van der Waals surface area contributed by atoms with Gasteiger partial charge >= 0.3 is 0 Å². The van der Waals surface area contributed by atoms with Crippen LogP contribution in [-0.4, -0.2) is 106 Å². The Morgan fingerprint density at radius 1 is 0.139 bits per heavy atom.